The SMILES string of the molecule is CO[Si](OC)(OC)C1C2CCC(C2)C1C1CC2CCC1C2. The van der Waals surface area contributed by atoms with E-state index >= 15 is 0 Å². The average Bonchev–Trinajstić information content (AvgIpc) is 3.29. The monoisotopic (exact) mass is 310 g/mol. The Morgan fingerprint density at radius 2 is 1.38 bits per heavy atom. The van der Waals surface area contributed by atoms with Crippen LogP contribution in [0.25, 0.3) is 0 Å². The fraction of sp³-hybridized carbons (Fsp3) is 1.00. The summed E-state index contributed by atoms with van der Waals surface area (Å²) in [6.07, 6.45) is 10.2. The molecule has 4 saturated carbocycles. The van der Waals surface area contributed by atoms with Gasteiger partial charge in [0.15, 0.2) is 0 Å². The summed E-state index contributed by atoms with van der Waals surface area (Å²) in [6, 6.07) is 0. The van der Waals surface area contributed by atoms with Crippen LogP contribution in [0.5, 0.6) is 0 Å². The van der Waals surface area contributed by atoms with Gasteiger partial charge in [-0.2, -0.15) is 0 Å². The molecule has 0 aromatic carbocycles. The van der Waals surface area contributed by atoms with Gasteiger partial charge in [0, 0.05) is 26.9 Å². The van der Waals surface area contributed by atoms with E-state index in [2.05, 4.69) is 0 Å². The van der Waals surface area contributed by atoms with Gasteiger partial charge >= 0.3 is 8.80 Å². The van der Waals surface area contributed by atoms with Crippen LogP contribution in [0.2, 0.25) is 5.54 Å². The maximum absolute atomic E-state index is 5.94. The normalized spacial score (nSPS) is 48.4. The van der Waals surface area contributed by atoms with Crippen molar-refractivity contribution >= 4 is 8.80 Å². The van der Waals surface area contributed by atoms with Crippen molar-refractivity contribution in [2.24, 2.45) is 35.5 Å². The first kappa shape index (κ1) is 14.7. The Bertz CT molecular complexity index is 389. The minimum atomic E-state index is -2.50. The second kappa shape index (κ2) is 5.33. The van der Waals surface area contributed by atoms with Crippen molar-refractivity contribution in [2.45, 2.75) is 50.5 Å². The van der Waals surface area contributed by atoms with Gasteiger partial charge in [-0.25, -0.2) is 0 Å². The van der Waals surface area contributed by atoms with Gasteiger partial charge in [-0.1, -0.05) is 6.42 Å². The Labute approximate surface area is 130 Å². The second-order valence-electron chi connectivity index (χ2n) is 7.99. The predicted octanol–water partition coefficient (Wildman–Crippen LogP) is 3.72. The molecular weight excluding hydrogens is 280 g/mol. The standard InChI is InChI=1S/C17H30O3Si/c1-18-21(19-2,20-3)17-14-7-6-13(10-14)16(17)15-9-11-4-5-12(15)8-11/h11-17H,4-10H2,1-3H3. The van der Waals surface area contributed by atoms with Gasteiger partial charge in [0.05, 0.1) is 0 Å². The van der Waals surface area contributed by atoms with Gasteiger partial charge in [0.25, 0.3) is 0 Å². The molecule has 4 fully saturated rings. The van der Waals surface area contributed by atoms with Crippen LogP contribution in [-0.4, -0.2) is 30.1 Å². The molecule has 0 aromatic rings. The lowest BCUT2D eigenvalue weighted by molar-refractivity contribution is 0.0680. The van der Waals surface area contributed by atoms with Crippen LogP contribution >= 0.6 is 0 Å². The van der Waals surface area contributed by atoms with E-state index in [0.29, 0.717) is 5.54 Å². The van der Waals surface area contributed by atoms with Crippen LogP contribution in [0.15, 0.2) is 0 Å². The average molecular weight is 311 g/mol. The summed E-state index contributed by atoms with van der Waals surface area (Å²) in [5, 5.41) is 0. The molecule has 0 radical (unpaired) electrons. The molecule has 0 spiro atoms. The Morgan fingerprint density at radius 3 is 1.95 bits per heavy atom. The molecule has 0 aliphatic heterocycles. The molecule has 120 valence electrons. The second-order valence-corrected chi connectivity index (χ2v) is 11.1. The molecule has 21 heavy (non-hydrogen) atoms. The van der Waals surface area contributed by atoms with Crippen LogP contribution < -0.4 is 0 Å². The van der Waals surface area contributed by atoms with Gasteiger partial charge in [0.1, 0.15) is 0 Å². The molecule has 3 nitrogen and oxygen atoms in total. The molecule has 0 amide bonds. The van der Waals surface area contributed by atoms with Crippen molar-refractivity contribution in [3.63, 3.8) is 0 Å². The summed E-state index contributed by atoms with van der Waals surface area (Å²) in [5.74, 6) is 5.52. The van der Waals surface area contributed by atoms with Crippen LogP contribution in [0, 0.1) is 35.5 Å². The Kier molecular flexibility index (Phi) is 3.72. The molecule has 0 N–H and O–H groups in total. The first-order chi connectivity index (χ1) is 10.2. The van der Waals surface area contributed by atoms with Crippen LogP contribution in [0.1, 0.15) is 44.9 Å². The number of hydrogen-bond donors (Lipinski definition) is 0. The summed E-state index contributed by atoms with van der Waals surface area (Å²) in [5.41, 5.74) is 0.570. The van der Waals surface area contributed by atoms with E-state index in [4.69, 9.17) is 13.3 Å². The maximum atomic E-state index is 5.94. The molecular formula is C17H30O3Si. The first-order valence-electron chi connectivity index (χ1n) is 8.87. The summed E-state index contributed by atoms with van der Waals surface area (Å²) in [4.78, 5) is 0. The van der Waals surface area contributed by atoms with E-state index in [1.54, 1.807) is 0 Å². The zero-order valence-corrected chi connectivity index (χ0v) is 14.7. The molecule has 4 heteroatoms. The lowest BCUT2D eigenvalue weighted by Crippen LogP contribution is -2.53. The highest BCUT2D eigenvalue weighted by Crippen LogP contribution is 2.66. The van der Waals surface area contributed by atoms with Crippen molar-refractivity contribution in [2.75, 3.05) is 21.3 Å². The van der Waals surface area contributed by atoms with E-state index in [9.17, 15) is 0 Å². The zero-order valence-electron chi connectivity index (χ0n) is 13.7. The topological polar surface area (TPSA) is 27.7 Å². The minimum absolute atomic E-state index is 0.570. The largest absolute Gasteiger partial charge is 0.504 e. The lowest BCUT2D eigenvalue weighted by Gasteiger charge is -2.44. The van der Waals surface area contributed by atoms with Crippen molar-refractivity contribution in [1.82, 2.24) is 0 Å². The third kappa shape index (κ3) is 2.02. The third-order valence-corrected chi connectivity index (χ3v) is 10.9. The third-order valence-electron chi connectivity index (χ3n) is 7.53. The number of hydrogen-bond acceptors (Lipinski definition) is 3. The summed E-state index contributed by atoms with van der Waals surface area (Å²) < 4.78 is 17.8. The molecule has 4 aliphatic carbocycles. The van der Waals surface area contributed by atoms with Gasteiger partial charge < -0.3 is 13.3 Å². The van der Waals surface area contributed by atoms with Crippen LogP contribution in [0.4, 0.5) is 0 Å². The molecule has 4 rings (SSSR count). The molecule has 0 aromatic heterocycles. The van der Waals surface area contributed by atoms with Gasteiger partial charge in [-0.05, 0) is 74.0 Å². The van der Waals surface area contributed by atoms with Crippen molar-refractivity contribution < 1.29 is 13.3 Å². The van der Waals surface area contributed by atoms with E-state index < -0.39 is 8.80 Å². The molecule has 7 unspecified atom stereocenters. The first-order valence-corrected chi connectivity index (χ1v) is 10.7. The minimum Gasteiger partial charge on any atom is -0.377 e. The highest BCUT2D eigenvalue weighted by Gasteiger charge is 2.64. The highest BCUT2D eigenvalue weighted by molar-refractivity contribution is 6.62. The summed E-state index contributed by atoms with van der Waals surface area (Å²) in [6.45, 7) is 0. The van der Waals surface area contributed by atoms with Gasteiger partial charge in [0.2, 0.25) is 0 Å². The molecule has 7 atom stereocenters. The Hall–Kier alpha value is 0.0969. The van der Waals surface area contributed by atoms with Gasteiger partial charge in [-0.15, -0.1) is 0 Å². The molecule has 4 aliphatic rings. The highest BCUT2D eigenvalue weighted by atomic mass is 28.4. The van der Waals surface area contributed by atoms with E-state index in [-0.39, 0.29) is 0 Å². The maximum Gasteiger partial charge on any atom is 0.504 e. The molecule has 0 heterocycles. The van der Waals surface area contributed by atoms with Crippen molar-refractivity contribution in [1.29, 1.82) is 0 Å². The van der Waals surface area contributed by atoms with Crippen molar-refractivity contribution in [3.05, 3.63) is 0 Å². The Balaban J connectivity index is 1.64. The van der Waals surface area contributed by atoms with E-state index in [1.165, 1.54) is 44.9 Å². The predicted molar refractivity (Wildman–Crippen MR) is 83.8 cm³/mol. The zero-order chi connectivity index (χ0) is 14.6. The molecule has 4 bridgehead atoms. The quantitative estimate of drug-likeness (QED) is 0.724. The number of rotatable bonds is 5. The number of fused-ring (bicyclic) bond motifs is 4. The fourth-order valence-electron chi connectivity index (χ4n) is 6.90. The summed E-state index contributed by atoms with van der Waals surface area (Å²) in [7, 11) is 2.93. The lowest BCUT2D eigenvalue weighted by atomic mass is 9.72. The van der Waals surface area contributed by atoms with Crippen LogP contribution in [-0.2, 0) is 13.3 Å². The fourth-order valence-corrected chi connectivity index (χ4v) is 10.1. The van der Waals surface area contributed by atoms with E-state index in [1.807, 2.05) is 21.3 Å². The van der Waals surface area contributed by atoms with Gasteiger partial charge in [-0.3, -0.25) is 0 Å². The van der Waals surface area contributed by atoms with Crippen LogP contribution in [0.3, 0.4) is 0 Å². The summed E-state index contributed by atoms with van der Waals surface area (Å²) >= 11 is 0. The smallest absolute Gasteiger partial charge is 0.377 e. The van der Waals surface area contributed by atoms with Crippen molar-refractivity contribution in [3.8, 4) is 0 Å². The van der Waals surface area contributed by atoms with E-state index in [0.717, 1.165) is 35.5 Å². The molecule has 0 saturated heterocycles. The Morgan fingerprint density at radius 1 is 0.714 bits per heavy atom.